The van der Waals surface area contributed by atoms with Gasteiger partial charge in [-0.1, -0.05) is 72.3 Å². The van der Waals surface area contributed by atoms with E-state index in [1.807, 2.05) is 31.2 Å². The maximum absolute atomic E-state index is 9.17. The Morgan fingerprint density at radius 1 is 0.333 bits per heavy atom. The summed E-state index contributed by atoms with van der Waals surface area (Å²) in [6.45, 7) is 3.56. The van der Waals surface area contributed by atoms with Gasteiger partial charge in [0.2, 0.25) is 0 Å². The highest BCUT2D eigenvalue weighted by Gasteiger charge is 2.01. The molecule has 14 nitrogen and oxygen atoms in total. The van der Waals surface area contributed by atoms with Crippen molar-refractivity contribution in [2.24, 2.45) is 0 Å². The minimum Gasteiger partial charge on any atom is -0.508 e. The molecule has 0 aromatic heterocycles. The molecule has 0 saturated carbocycles. The van der Waals surface area contributed by atoms with Crippen molar-refractivity contribution in [1.29, 1.82) is 0 Å². The van der Waals surface area contributed by atoms with Crippen molar-refractivity contribution < 1.29 is 51.1 Å². The summed E-state index contributed by atoms with van der Waals surface area (Å²) in [5.74, 6) is 0.537. The molecule has 0 radical (unpaired) electrons. The van der Waals surface area contributed by atoms with Gasteiger partial charge in [-0.25, -0.2) is 0 Å². The van der Waals surface area contributed by atoms with Crippen LogP contribution < -0.4 is 22.9 Å². The highest BCUT2D eigenvalue weighted by molar-refractivity contribution is 6.32. The lowest BCUT2D eigenvalue weighted by Crippen LogP contribution is -1.83. The predicted molar refractivity (Wildman–Crippen MR) is 251 cm³/mol. The van der Waals surface area contributed by atoms with E-state index in [0.717, 1.165) is 16.3 Å². The molecule has 0 fully saturated rings. The third-order valence-corrected chi connectivity index (χ3v) is 8.24. The van der Waals surface area contributed by atoms with Crippen LogP contribution in [0.5, 0.6) is 57.5 Å². The number of hydrogen-bond acceptors (Lipinski definition) is 14. The fraction of sp³-hybridized carbons (Fsp3) is 0.0417. The van der Waals surface area contributed by atoms with Crippen molar-refractivity contribution in [2.75, 3.05) is 22.9 Å². The van der Waals surface area contributed by atoms with Gasteiger partial charge in [-0.15, -0.1) is 0 Å². The van der Waals surface area contributed by atoms with Crippen molar-refractivity contribution in [3.8, 4) is 57.5 Å². The van der Waals surface area contributed by atoms with Crippen LogP contribution in [0.25, 0.3) is 10.8 Å². The number of nitrogens with two attached hydrogens (primary N) is 4. The molecule has 330 valence electrons. The number of aryl methyl sites for hydroxylation is 2. The molecule has 0 saturated heterocycles. The lowest BCUT2D eigenvalue weighted by molar-refractivity contribution is 0.401. The monoisotopic (exact) mass is 878 g/mol. The Balaban J connectivity index is 0.000000254. The van der Waals surface area contributed by atoms with Gasteiger partial charge in [0.25, 0.3) is 0 Å². The molecule has 8 aromatic carbocycles. The number of halogens is 1. The van der Waals surface area contributed by atoms with Gasteiger partial charge in [0, 0.05) is 35.3 Å². The minimum absolute atomic E-state index is 0.0110. The van der Waals surface area contributed by atoms with Gasteiger partial charge in [0.05, 0.1) is 10.7 Å². The second kappa shape index (κ2) is 25.9. The quantitative estimate of drug-likeness (QED) is 0.0383. The predicted octanol–water partition coefficient (Wildman–Crippen LogP) is 9.61. The zero-order valence-corrected chi connectivity index (χ0v) is 35.0. The number of rotatable bonds is 0. The molecular formula is C48H51ClN4O10. The summed E-state index contributed by atoms with van der Waals surface area (Å²) in [4.78, 5) is 0. The first-order chi connectivity index (χ1) is 29.8. The van der Waals surface area contributed by atoms with Crippen LogP contribution in [0.1, 0.15) is 11.1 Å². The summed E-state index contributed by atoms with van der Waals surface area (Å²) in [6, 6.07) is 44.2. The molecule has 0 heterocycles. The second-order valence-corrected chi connectivity index (χ2v) is 13.5. The summed E-state index contributed by atoms with van der Waals surface area (Å²) >= 11 is 5.42. The molecule has 0 spiro atoms. The molecule has 0 atom stereocenters. The number of hydrogen-bond donors (Lipinski definition) is 14. The van der Waals surface area contributed by atoms with Crippen LogP contribution in [0.4, 0.5) is 22.7 Å². The van der Waals surface area contributed by atoms with E-state index >= 15 is 0 Å². The minimum atomic E-state index is -0.100. The summed E-state index contributed by atoms with van der Waals surface area (Å²) in [5.41, 5.74) is 25.1. The standard InChI is InChI=1S/C10H8O2.C7H9NO.C7H8O2.C6H5ClO2.3C6H7NO/c11-9-5-7-3-1-2-4-8(7)6-10(9)12;1-5-2-3-6(8)4-7(5)9;1-5-3-2-4-6(8)7(5)9;7-5-2-1-4(8)3-6(5)9;7-5-1-3-6(8)4-2-5;7-5-2-1-3-6(8)4-5;7-5-3-1-2-4-6(5)8/h1-6,11-12H;2-4,9H,8H2,1H3;2-4,8-9H,1H3;1-3,8-9H;3*1-4,8H,7H2. The number of fused-ring (bicyclic) bond motifs is 1. The number of benzene rings is 8. The van der Waals surface area contributed by atoms with Crippen LogP contribution in [0.2, 0.25) is 5.02 Å². The van der Waals surface area contributed by atoms with Crippen LogP contribution in [0.15, 0.2) is 164 Å². The molecule has 8 rings (SSSR count). The Hall–Kier alpha value is -8.49. The first-order valence-electron chi connectivity index (χ1n) is 18.5. The van der Waals surface area contributed by atoms with Crippen molar-refractivity contribution in [3.63, 3.8) is 0 Å². The number of phenols is 10. The van der Waals surface area contributed by atoms with Gasteiger partial charge in [-0.05, 0) is 121 Å². The fourth-order valence-corrected chi connectivity index (χ4v) is 4.59. The van der Waals surface area contributed by atoms with E-state index in [2.05, 4.69) is 0 Å². The van der Waals surface area contributed by atoms with Gasteiger partial charge in [-0.3, -0.25) is 0 Å². The molecule has 8 aromatic rings. The van der Waals surface area contributed by atoms with Crippen LogP contribution in [-0.2, 0) is 0 Å². The van der Waals surface area contributed by atoms with Gasteiger partial charge >= 0.3 is 0 Å². The zero-order valence-electron chi connectivity index (χ0n) is 34.2. The van der Waals surface area contributed by atoms with E-state index in [1.54, 1.807) is 110 Å². The Labute approximate surface area is 369 Å². The van der Waals surface area contributed by atoms with E-state index in [1.165, 1.54) is 36.4 Å². The van der Waals surface area contributed by atoms with Crippen molar-refractivity contribution in [1.82, 2.24) is 0 Å². The highest BCUT2D eigenvalue weighted by atomic mass is 35.5. The number of para-hydroxylation sites is 3. The lowest BCUT2D eigenvalue weighted by atomic mass is 10.1. The molecule has 0 bridgehead atoms. The van der Waals surface area contributed by atoms with Crippen LogP contribution in [0, 0.1) is 13.8 Å². The Morgan fingerprint density at radius 2 is 0.825 bits per heavy atom. The van der Waals surface area contributed by atoms with Gasteiger partial charge in [0.1, 0.15) is 34.5 Å². The summed E-state index contributed by atoms with van der Waals surface area (Å²) in [5, 5.41) is 91.0. The van der Waals surface area contributed by atoms with Crippen LogP contribution in [0.3, 0.4) is 0 Å². The van der Waals surface area contributed by atoms with E-state index in [9.17, 15) is 0 Å². The Morgan fingerprint density at radius 3 is 1.24 bits per heavy atom. The van der Waals surface area contributed by atoms with Gasteiger partial charge in [0.15, 0.2) is 23.0 Å². The molecule has 0 aliphatic carbocycles. The first-order valence-corrected chi connectivity index (χ1v) is 18.9. The maximum Gasteiger partial charge on any atom is 0.160 e. The zero-order chi connectivity index (χ0) is 47.1. The molecular weight excluding hydrogens is 828 g/mol. The fourth-order valence-electron chi connectivity index (χ4n) is 4.47. The number of nitrogen functional groups attached to an aromatic ring is 4. The normalized spacial score (nSPS) is 9.44. The van der Waals surface area contributed by atoms with Crippen molar-refractivity contribution in [2.45, 2.75) is 13.8 Å². The Kier molecular flexibility index (Phi) is 20.8. The lowest BCUT2D eigenvalue weighted by Gasteiger charge is -2.00. The smallest absolute Gasteiger partial charge is 0.160 e. The van der Waals surface area contributed by atoms with Crippen LogP contribution in [-0.4, -0.2) is 51.1 Å². The molecule has 0 aliphatic heterocycles. The average molecular weight is 879 g/mol. The average Bonchev–Trinajstić information content (AvgIpc) is 3.24. The third-order valence-electron chi connectivity index (χ3n) is 7.92. The number of aromatic hydroxyl groups is 10. The number of phenolic OH excluding ortho intramolecular Hbond substituents is 10. The molecule has 18 N–H and O–H groups in total. The van der Waals surface area contributed by atoms with E-state index in [-0.39, 0.29) is 62.5 Å². The molecule has 0 aliphatic rings. The molecule has 15 heteroatoms. The number of anilines is 4. The van der Waals surface area contributed by atoms with Gasteiger partial charge < -0.3 is 74.0 Å². The largest absolute Gasteiger partial charge is 0.508 e. The summed E-state index contributed by atoms with van der Waals surface area (Å²) < 4.78 is 0. The topological polar surface area (TPSA) is 306 Å². The first kappa shape index (κ1) is 50.7. The van der Waals surface area contributed by atoms with Crippen molar-refractivity contribution >= 4 is 45.1 Å². The molecule has 0 amide bonds. The maximum atomic E-state index is 9.17. The highest BCUT2D eigenvalue weighted by Crippen LogP contribution is 2.30. The van der Waals surface area contributed by atoms with E-state index in [4.69, 9.17) is 85.6 Å². The molecule has 63 heavy (non-hydrogen) atoms. The SMILES string of the molecule is Cc1ccc(N)cc1O.Cc1cccc(O)c1O.Nc1ccc(O)cc1.Nc1cccc(O)c1.Nc1ccccc1O.Oc1cc2ccccc2cc1O.Oc1ccc(Cl)c(O)c1. The summed E-state index contributed by atoms with van der Waals surface area (Å²) in [6.07, 6.45) is 0. The third kappa shape index (κ3) is 19.4. The molecule has 0 unspecified atom stereocenters. The van der Waals surface area contributed by atoms with Crippen molar-refractivity contribution in [3.05, 3.63) is 180 Å². The van der Waals surface area contributed by atoms with Gasteiger partial charge in [-0.2, -0.15) is 0 Å². The van der Waals surface area contributed by atoms with E-state index < -0.39 is 0 Å². The Bertz CT molecular complexity index is 2460. The van der Waals surface area contributed by atoms with E-state index in [0.29, 0.717) is 28.3 Å². The van der Waals surface area contributed by atoms with Crippen LogP contribution >= 0.6 is 11.6 Å². The second-order valence-electron chi connectivity index (χ2n) is 13.1. The summed E-state index contributed by atoms with van der Waals surface area (Å²) in [7, 11) is 0.